The van der Waals surface area contributed by atoms with Crippen molar-refractivity contribution in [1.29, 1.82) is 0 Å². The summed E-state index contributed by atoms with van der Waals surface area (Å²) < 4.78 is 7.89. The van der Waals surface area contributed by atoms with Gasteiger partial charge in [0.15, 0.2) is 10.6 Å². The minimum Gasteiger partial charge on any atom is -0.494 e. The Morgan fingerprint density at radius 1 is 1.37 bits per heavy atom. The highest BCUT2D eigenvalue weighted by Gasteiger charge is 2.20. The molecule has 146 valence electrons. The molecule has 2 unspecified atom stereocenters. The van der Waals surface area contributed by atoms with Crippen molar-refractivity contribution in [1.82, 2.24) is 20.1 Å². The largest absolute Gasteiger partial charge is 0.494 e. The Labute approximate surface area is 165 Å². The molecule has 1 heterocycles. The highest BCUT2D eigenvalue weighted by molar-refractivity contribution is 7.71. The molecule has 1 aromatic heterocycles. The molecule has 27 heavy (non-hydrogen) atoms. The van der Waals surface area contributed by atoms with E-state index >= 15 is 0 Å². The van der Waals surface area contributed by atoms with E-state index in [1.54, 1.807) is 0 Å². The number of carbonyl (C=O) groups is 1. The molecule has 1 aliphatic rings. The summed E-state index contributed by atoms with van der Waals surface area (Å²) in [6.07, 6.45) is 5.01. The van der Waals surface area contributed by atoms with Crippen LogP contribution in [0.5, 0.6) is 5.75 Å². The smallest absolute Gasteiger partial charge is 0.222 e. The summed E-state index contributed by atoms with van der Waals surface area (Å²) in [4.78, 5) is 12.4. The first kappa shape index (κ1) is 19.6. The SMILES string of the molecule is CCOc1ccc(-c2n[nH]c(=S)n2CCC(=O)NC2CCCC(C)C2)cc1. The standard InChI is InChI=1S/C20H28N4O2S/c1-3-26-17-9-7-15(8-10-17)19-22-23-20(27)24(19)12-11-18(25)21-16-6-4-5-14(2)13-16/h7-10,14,16H,3-6,11-13H2,1-2H3,(H,21,25)(H,23,27). The number of aromatic amines is 1. The highest BCUT2D eigenvalue weighted by atomic mass is 32.1. The number of hydrogen-bond acceptors (Lipinski definition) is 4. The lowest BCUT2D eigenvalue weighted by atomic mass is 9.87. The summed E-state index contributed by atoms with van der Waals surface area (Å²) in [5.74, 6) is 2.33. The summed E-state index contributed by atoms with van der Waals surface area (Å²) >= 11 is 5.36. The first-order chi connectivity index (χ1) is 13.1. The van der Waals surface area contributed by atoms with Crippen molar-refractivity contribution in [2.75, 3.05) is 6.61 Å². The average molecular weight is 389 g/mol. The number of benzene rings is 1. The molecular formula is C20H28N4O2S. The Hall–Kier alpha value is -2.15. The highest BCUT2D eigenvalue weighted by Crippen LogP contribution is 2.24. The third-order valence-corrected chi connectivity index (χ3v) is 5.36. The fourth-order valence-corrected chi connectivity index (χ4v) is 3.91. The Morgan fingerprint density at radius 3 is 2.85 bits per heavy atom. The molecule has 2 aromatic rings. The van der Waals surface area contributed by atoms with Gasteiger partial charge in [-0.2, -0.15) is 5.10 Å². The molecule has 0 radical (unpaired) electrons. The van der Waals surface area contributed by atoms with E-state index in [1.807, 2.05) is 35.8 Å². The molecule has 1 saturated carbocycles. The predicted octanol–water partition coefficient (Wildman–Crippen LogP) is 4.09. The van der Waals surface area contributed by atoms with Gasteiger partial charge in [0.2, 0.25) is 5.91 Å². The summed E-state index contributed by atoms with van der Waals surface area (Å²) in [5, 5.41) is 10.4. The number of H-pyrrole nitrogens is 1. The first-order valence-corrected chi connectivity index (χ1v) is 10.2. The van der Waals surface area contributed by atoms with Crippen molar-refractivity contribution < 1.29 is 9.53 Å². The predicted molar refractivity (Wildman–Crippen MR) is 108 cm³/mol. The van der Waals surface area contributed by atoms with Gasteiger partial charge in [0.05, 0.1) is 6.61 Å². The second kappa shape index (κ2) is 9.17. The van der Waals surface area contributed by atoms with Crippen LogP contribution in [0.1, 0.15) is 46.0 Å². The van der Waals surface area contributed by atoms with E-state index in [9.17, 15) is 4.79 Å². The number of nitrogens with zero attached hydrogens (tertiary/aromatic N) is 2. The van der Waals surface area contributed by atoms with E-state index in [0.29, 0.717) is 36.3 Å². The van der Waals surface area contributed by atoms with Crippen molar-refractivity contribution in [2.45, 2.75) is 58.5 Å². The third-order valence-electron chi connectivity index (χ3n) is 5.05. The van der Waals surface area contributed by atoms with E-state index in [-0.39, 0.29) is 5.91 Å². The van der Waals surface area contributed by atoms with Gasteiger partial charge in [-0.05, 0) is 62.2 Å². The van der Waals surface area contributed by atoms with Crippen LogP contribution in [0.3, 0.4) is 0 Å². The molecule has 0 spiro atoms. The zero-order valence-electron chi connectivity index (χ0n) is 16.0. The third kappa shape index (κ3) is 5.19. The maximum Gasteiger partial charge on any atom is 0.222 e. The normalized spacial score (nSPS) is 19.6. The van der Waals surface area contributed by atoms with Crippen LogP contribution >= 0.6 is 12.2 Å². The molecule has 3 rings (SSSR count). The van der Waals surface area contributed by atoms with Crippen molar-refractivity contribution in [2.24, 2.45) is 5.92 Å². The molecular weight excluding hydrogens is 360 g/mol. The summed E-state index contributed by atoms with van der Waals surface area (Å²) in [6.45, 7) is 5.35. The van der Waals surface area contributed by atoms with Crippen molar-refractivity contribution in [3.8, 4) is 17.1 Å². The molecule has 1 aliphatic carbocycles. The molecule has 1 amide bonds. The summed E-state index contributed by atoms with van der Waals surface area (Å²) in [7, 11) is 0. The van der Waals surface area contributed by atoms with Gasteiger partial charge in [-0.3, -0.25) is 14.5 Å². The number of nitrogens with one attached hydrogen (secondary N) is 2. The molecule has 1 fully saturated rings. The lowest BCUT2D eigenvalue weighted by Gasteiger charge is -2.27. The zero-order chi connectivity index (χ0) is 19.2. The number of hydrogen-bond donors (Lipinski definition) is 2. The number of carbonyl (C=O) groups excluding carboxylic acids is 1. The monoisotopic (exact) mass is 388 g/mol. The molecule has 0 bridgehead atoms. The number of rotatable bonds is 7. The van der Waals surface area contributed by atoms with Gasteiger partial charge < -0.3 is 10.1 Å². The second-order valence-electron chi connectivity index (χ2n) is 7.25. The van der Waals surface area contributed by atoms with E-state index < -0.39 is 0 Å². The second-order valence-corrected chi connectivity index (χ2v) is 7.63. The van der Waals surface area contributed by atoms with Gasteiger partial charge in [-0.15, -0.1) is 0 Å². The van der Waals surface area contributed by atoms with Crippen LogP contribution in [0.4, 0.5) is 0 Å². The molecule has 1 aromatic carbocycles. The van der Waals surface area contributed by atoms with Crippen molar-refractivity contribution >= 4 is 18.1 Å². The Balaban J connectivity index is 1.62. The van der Waals surface area contributed by atoms with Gasteiger partial charge >= 0.3 is 0 Å². The van der Waals surface area contributed by atoms with Crippen molar-refractivity contribution in [3.63, 3.8) is 0 Å². The Kier molecular flexibility index (Phi) is 6.66. The van der Waals surface area contributed by atoms with Gasteiger partial charge in [-0.25, -0.2) is 0 Å². The first-order valence-electron chi connectivity index (χ1n) is 9.74. The topological polar surface area (TPSA) is 71.9 Å². The van der Waals surface area contributed by atoms with Gasteiger partial charge in [0.1, 0.15) is 5.75 Å². The maximum absolute atomic E-state index is 12.4. The Morgan fingerprint density at radius 2 is 2.15 bits per heavy atom. The van der Waals surface area contributed by atoms with Crippen LogP contribution in [0.2, 0.25) is 0 Å². The number of aromatic nitrogens is 3. The van der Waals surface area contributed by atoms with E-state index in [2.05, 4.69) is 22.4 Å². The average Bonchev–Trinajstić information content (AvgIpc) is 3.01. The van der Waals surface area contributed by atoms with Gasteiger partial charge in [0.25, 0.3) is 0 Å². The minimum absolute atomic E-state index is 0.0786. The van der Waals surface area contributed by atoms with Crippen LogP contribution in [-0.2, 0) is 11.3 Å². The number of ether oxygens (including phenoxy) is 1. The number of amides is 1. The van der Waals surface area contributed by atoms with E-state index in [1.165, 1.54) is 12.8 Å². The molecule has 2 atom stereocenters. The van der Waals surface area contributed by atoms with E-state index in [0.717, 1.165) is 30.0 Å². The van der Waals surface area contributed by atoms with Crippen LogP contribution in [0, 0.1) is 10.7 Å². The summed E-state index contributed by atoms with van der Waals surface area (Å²) in [6, 6.07) is 8.05. The molecule has 7 heteroatoms. The lowest BCUT2D eigenvalue weighted by Crippen LogP contribution is -2.38. The van der Waals surface area contributed by atoms with Crippen LogP contribution in [0.15, 0.2) is 24.3 Å². The Bertz CT molecular complexity index is 812. The lowest BCUT2D eigenvalue weighted by molar-refractivity contribution is -0.122. The molecule has 2 N–H and O–H groups in total. The summed E-state index contributed by atoms with van der Waals surface area (Å²) in [5.41, 5.74) is 0.937. The van der Waals surface area contributed by atoms with Crippen LogP contribution in [-0.4, -0.2) is 33.3 Å². The molecule has 0 saturated heterocycles. The van der Waals surface area contributed by atoms with Crippen molar-refractivity contribution in [3.05, 3.63) is 29.0 Å². The minimum atomic E-state index is 0.0786. The van der Waals surface area contributed by atoms with E-state index in [4.69, 9.17) is 17.0 Å². The quantitative estimate of drug-likeness (QED) is 0.701. The van der Waals surface area contributed by atoms with Gasteiger partial charge in [-0.1, -0.05) is 19.8 Å². The maximum atomic E-state index is 12.4. The molecule has 6 nitrogen and oxygen atoms in total. The molecule has 0 aliphatic heterocycles. The zero-order valence-corrected chi connectivity index (χ0v) is 16.8. The van der Waals surface area contributed by atoms with Gasteiger partial charge in [0, 0.05) is 24.6 Å². The fourth-order valence-electron chi connectivity index (χ4n) is 3.69. The van der Waals surface area contributed by atoms with Crippen LogP contribution < -0.4 is 10.1 Å². The van der Waals surface area contributed by atoms with Crippen LogP contribution in [0.25, 0.3) is 11.4 Å². The fraction of sp³-hybridized carbons (Fsp3) is 0.550.